The van der Waals surface area contributed by atoms with Gasteiger partial charge in [-0.2, -0.15) is 5.10 Å². The van der Waals surface area contributed by atoms with Crippen molar-refractivity contribution in [2.24, 2.45) is 5.10 Å². The number of benzene rings is 2. The SMILES string of the molecule is Cc1ccc(C(C)C)c(OCCOc2ccc(Cl)cc2/C=N/n2cnnc2)c1. The van der Waals surface area contributed by atoms with Crippen LogP contribution >= 0.6 is 11.6 Å². The average Bonchev–Trinajstić information content (AvgIpc) is 3.18. The third kappa shape index (κ3) is 5.33. The Morgan fingerprint density at radius 3 is 2.46 bits per heavy atom. The van der Waals surface area contributed by atoms with Crippen LogP contribution < -0.4 is 9.47 Å². The van der Waals surface area contributed by atoms with Gasteiger partial charge in [-0.25, -0.2) is 4.68 Å². The maximum atomic E-state index is 6.11. The topological polar surface area (TPSA) is 61.5 Å². The van der Waals surface area contributed by atoms with Crippen LogP contribution in [-0.4, -0.2) is 34.3 Å². The third-order valence-electron chi connectivity index (χ3n) is 4.10. The Hall–Kier alpha value is -2.86. The molecule has 0 spiro atoms. The second-order valence-corrected chi connectivity index (χ2v) is 7.10. The zero-order valence-electron chi connectivity index (χ0n) is 16.2. The molecule has 0 saturated heterocycles. The molecule has 3 aromatic rings. The number of aryl methyl sites for hydroxylation is 1. The fourth-order valence-electron chi connectivity index (χ4n) is 2.68. The van der Waals surface area contributed by atoms with E-state index >= 15 is 0 Å². The lowest BCUT2D eigenvalue weighted by Crippen LogP contribution is -2.11. The minimum absolute atomic E-state index is 0.397. The van der Waals surface area contributed by atoms with E-state index in [0.29, 0.717) is 29.9 Å². The lowest BCUT2D eigenvalue weighted by molar-refractivity contribution is 0.215. The minimum Gasteiger partial charge on any atom is -0.490 e. The van der Waals surface area contributed by atoms with Crippen LogP contribution in [0.4, 0.5) is 0 Å². The fourth-order valence-corrected chi connectivity index (χ4v) is 2.86. The largest absolute Gasteiger partial charge is 0.490 e. The molecule has 146 valence electrons. The van der Waals surface area contributed by atoms with Gasteiger partial charge in [0.15, 0.2) is 0 Å². The summed E-state index contributed by atoms with van der Waals surface area (Å²) in [4.78, 5) is 0. The zero-order chi connectivity index (χ0) is 19.9. The summed E-state index contributed by atoms with van der Waals surface area (Å²) in [7, 11) is 0. The van der Waals surface area contributed by atoms with Crippen molar-refractivity contribution >= 4 is 17.8 Å². The number of halogens is 1. The van der Waals surface area contributed by atoms with Crippen LogP contribution in [-0.2, 0) is 0 Å². The molecule has 6 nitrogen and oxygen atoms in total. The van der Waals surface area contributed by atoms with E-state index in [4.69, 9.17) is 21.1 Å². The zero-order valence-corrected chi connectivity index (χ0v) is 16.9. The molecule has 28 heavy (non-hydrogen) atoms. The molecular formula is C21H23ClN4O2. The highest BCUT2D eigenvalue weighted by Gasteiger charge is 2.09. The first-order chi connectivity index (χ1) is 13.5. The summed E-state index contributed by atoms with van der Waals surface area (Å²) in [5, 5.41) is 12.3. The van der Waals surface area contributed by atoms with Gasteiger partial charge < -0.3 is 9.47 Å². The molecule has 0 N–H and O–H groups in total. The predicted molar refractivity (Wildman–Crippen MR) is 111 cm³/mol. The van der Waals surface area contributed by atoms with Gasteiger partial charge in [-0.3, -0.25) is 0 Å². The highest BCUT2D eigenvalue weighted by Crippen LogP contribution is 2.27. The van der Waals surface area contributed by atoms with E-state index in [9.17, 15) is 0 Å². The highest BCUT2D eigenvalue weighted by molar-refractivity contribution is 6.30. The summed E-state index contributed by atoms with van der Waals surface area (Å²) in [6, 6.07) is 11.7. The van der Waals surface area contributed by atoms with E-state index in [1.807, 2.05) is 6.07 Å². The summed E-state index contributed by atoms with van der Waals surface area (Å²) in [5.74, 6) is 1.98. The van der Waals surface area contributed by atoms with Crippen molar-refractivity contribution in [3.05, 3.63) is 70.8 Å². The Balaban J connectivity index is 1.63. The Morgan fingerprint density at radius 1 is 1.04 bits per heavy atom. The van der Waals surface area contributed by atoms with Crippen molar-refractivity contribution < 1.29 is 9.47 Å². The molecular weight excluding hydrogens is 376 g/mol. The van der Waals surface area contributed by atoms with Gasteiger partial charge in [-0.05, 0) is 48.2 Å². The molecule has 0 unspecified atom stereocenters. The quantitative estimate of drug-likeness (QED) is 0.407. The lowest BCUT2D eigenvalue weighted by atomic mass is 10.0. The molecule has 2 aromatic carbocycles. The van der Waals surface area contributed by atoms with E-state index in [0.717, 1.165) is 11.3 Å². The molecule has 0 atom stereocenters. The first kappa shape index (κ1) is 19.9. The normalized spacial score (nSPS) is 11.3. The second-order valence-electron chi connectivity index (χ2n) is 6.66. The molecule has 0 aliphatic carbocycles. The second kappa shape index (κ2) is 9.37. The van der Waals surface area contributed by atoms with Crippen molar-refractivity contribution in [3.63, 3.8) is 0 Å². The molecule has 0 aliphatic rings. The molecule has 1 heterocycles. The van der Waals surface area contributed by atoms with Crippen LogP contribution in [0.25, 0.3) is 0 Å². The Kier molecular flexibility index (Phi) is 6.66. The van der Waals surface area contributed by atoms with E-state index in [-0.39, 0.29) is 0 Å². The van der Waals surface area contributed by atoms with Crippen molar-refractivity contribution in [2.75, 3.05) is 13.2 Å². The van der Waals surface area contributed by atoms with Gasteiger partial charge in [0.25, 0.3) is 0 Å². The lowest BCUT2D eigenvalue weighted by Gasteiger charge is -2.15. The monoisotopic (exact) mass is 398 g/mol. The van der Waals surface area contributed by atoms with Crippen LogP contribution in [0.15, 0.2) is 54.2 Å². The third-order valence-corrected chi connectivity index (χ3v) is 4.33. The maximum Gasteiger partial charge on any atom is 0.141 e. The number of nitrogens with zero attached hydrogens (tertiary/aromatic N) is 4. The van der Waals surface area contributed by atoms with Crippen LogP contribution in [0.1, 0.15) is 36.5 Å². The van der Waals surface area contributed by atoms with E-state index in [2.05, 4.69) is 54.3 Å². The van der Waals surface area contributed by atoms with Crippen LogP contribution in [0.2, 0.25) is 5.02 Å². The molecule has 3 rings (SSSR count). The predicted octanol–water partition coefficient (Wildman–Crippen LogP) is 4.70. The first-order valence-electron chi connectivity index (χ1n) is 9.07. The van der Waals surface area contributed by atoms with Gasteiger partial charge in [0.2, 0.25) is 0 Å². The van der Waals surface area contributed by atoms with Crippen molar-refractivity contribution in [1.29, 1.82) is 0 Å². The van der Waals surface area contributed by atoms with Gasteiger partial charge in [0.1, 0.15) is 37.4 Å². The van der Waals surface area contributed by atoms with Gasteiger partial charge in [0, 0.05) is 10.6 Å². The number of aromatic nitrogens is 3. The van der Waals surface area contributed by atoms with Crippen LogP contribution in [0, 0.1) is 6.92 Å². The first-order valence-corrected chi connectivity index (χ1v) is 9.45. The molecule has 0 saturated carbocycles. The van der Waals surface area contributed by atoms with Gasteiger partial charge in [-0.15, -0.1) is 10.2 Å². The van der Waals surface area contributed by atoms with E-state index in [1.54, 1.807) is 18.3 Å². The van der Waals surface area contributed by atoms with Crippen molar-refractivity contribution in [1.82, 2.24) is 14.9 Å². The molecule has 0 radical (unpaired) electrons. The standard InChI is InChI=1S/C21H23ClN4O2/c1-15(2)19-6-4-16(3)10-21(19)28-9-8-27-20-7-5-18(22)11-17(20)12-25-26-13-23-24-14-26/h4-7,10-15H,8-9H2,1-3H3/b25-12+. The summed E-state index contributed by atoms with van der Waals surface area (Å²) >= 11 is 6.11. The van der Waals surface area contributed by atoms with Crippen molar-refractivity contribution in [2.45, 2.75) is 26.7 Å². The smallest absolute Gasteiger partial charge is 0.141 e. The molecule has 7 heteroatoms. The van der Waals surface area contributed by atoms with Gasteiger partial charge in [-0.1, -0.05) is 37.6 Å². The highest BCUT2D eigenvalue weighted by atomic mass is 35.5. The molecule has 1 aromatic heterocycles. The fraction of sp³-hybridized carbons (Fsp3) is 0.286. The number of hydrogen-bond donors (Lipinski definition) is 0. The number of ether oxygens (including phenoxy) is 2. The molecule has 0 fully saturated rings. The Morgan fingerprint density at radius 2 is 1.75 bits per heavy atom. The maximum absolute atomic E-state index is 6.11. The number of hydrogen-bond acceptors (Lipinski definition) is 5. The summed E-state index contributed by atoms with van der Waals surface area (Å²) < 4.78 is 13.4. The van der Waals surface area contributed by atoms with E-state index < -0.39 is 0 Å². The van der Waals surface area contributed by atoms with Crippen LogP contribution in [0.3, 0.4) is 0 Å². The Labute approximate surface area is 169 Å². The minimum atomic E-state index is 0.397. The van der Waals surface area contributed by atoms with Gasteiger partial charge >= 0.3 is 0 Å². The molecule has 0 aliphatic heterocycles. The van der Waals surface area contributed by atoms with Gasteiger partial charge in [0.05, 0.1) is 6.21 Å². The summed E-state index contributed by atoms with van der Waals surface area (Å²) in [6.45, 7) is 7.21. The summed E-state index contributed by atoms with van der Waals surface area (Å²) in [6.07, 6.45) is 4.66. The van der Waals surface area contributed by atoms with E-state index in [1.165, 1.54) is 28.5 Å². The van der Waals surface area contributed by atoms with Crippen LogP contribution in [0.5, 0.6) is 11.5 Å². The summed E-state index contributed by atoms with van der Waals surface area (Å²) in [5.41, 5.74) is 3.13. The Bertz CT molecular complexity index is 940. The number of rotatable bonds is 8. The van der Waals surface area contributed by atoms with Crippen molar-refractivity contribution in [3.8, 4) is 11.5 Å². The average molecular weight is 399 g/mol. The molecule has 0 bridgehead atoms. The molecule has 0 amide bonds.